The third kappa shape index (κ3) is 3.30. The summed E-state index contributed by atoms with van der Waals surface area (Å²) in [6.07, 6.45) is 3.35. The molecule has 1 N–H and O–H groups in total. The summed E-state index contributed by atoms with van der Waals surface area (Å²) in [4.78, 5) is 5.98. The molecule has 4 heteroatoms. The van der Waals surface area contributed by atoms with Gasteiger partial charge in [-0.15, -0.1) is 22.7 Å². The Kier molecular flexibility index (Phi) is 4.57. The quantitative estimate of drug-likeness (QED) is 0.818. The van der Waals surface area contributed by atoms with Crippen LogP contribution in [-0.2, 0) is 6.42 Å². The lowest BCUT2D eigenvalue weighted by atomic mass is 10.1. The van der Waals surface area contributed by atoms with Crippen molar-refractivity contribution in [2.24, 2.45) is 0 Å². The van der Waals surface area contributed by atoms with E-state index in [2.05, 4.69) is 47.0 Å². The molecule has 92 valence electrons. The number of nitrogens with zero attached hydrogens (tertiary/aromatic N) is 1. The summed E-state index contributed by atoms with van der Waals surface area (Å²) >= 11 is 3.53. The van der Waals surface area contributed by atoms with E-state index < -0.39 is 0 Å². The second-order valence-corrected chi connectivity index (χ2v) is 5.84. The van der Waals surface area contributed by atoms with Crippen molar-refractivity contribution in [2.75, 3.05) is 5.32 Å². The highest BCUT2D eigenvalue weighted by Gasteiger charge is 2.13. The molecular weight excluding hydrogens is 248 g/mol. The average molecular weight is 266 g/mol. The Labute approximate surface area is 111 Å². The van der Waals surface area contributed by atoms with E-state index in [1.807, 2.05) is 11.3 Å². The predicted molar refractivity (Wildman–Crippen MR) is 77.1 cm³/mol. The van der Waals surface area contributed by atoms with E-state index in [0.29, 0.717) is 6.04 Å². The molecule has 2 rings (SSSR count). The van der Waals surface area contributed by atoms with Gasteiger partial charge in [-0.05, 0) is 24.3 Å². The maximum Gasteiger partial charge on any atom is 0.183 e. The van der Waals surface area contributed by atoms with Gasteiger partial charge in [-0.25, -0.2) is 4.98 Å². The molecule has 0 bridgehead atoms. The molecule has 0 saturated heterocycles. The average Bonchev–Trinajstić information content (AvgIpc) is 2.99. The van der Waals surface area contributed by atoms with Gasteiger partial charge >= 0.3 is 0 Å². The Balaban J connectivity index is 2.07. The van der Waals surface area contributed by atoms with Crippen molar-refractivity contribution in [3.8, 4) is 0 Å². The van der Waals surface area contributed by atoms with E-state index in [1.165, 1.54) is 17.0 Å². The highest BCUT2D eigenvalue weighted by molar-refractivity contribution is 7.13. The molecule has 17 heavy (non-hydrogen) atoms. The number of aromatic nitrogens is 1. The highest BCUT2D eigenvalue weighted by atomic mass is 32.1. The number of thiophene rings is 1. The molecule has 2 aromatic rings. The fourth-order valence-electron chi connectivity index (χ4n) is 1.75. The summed E-state index contributed by atoms with van der Waals surface area (Å²) in [6.45, 7) is 4.36. The van der Waals surface area contributed by atoms with Crippen molar-refractivity contribution in [2.45, 2.75) is 39.2 Å². The summed E-state index contributed by atoms with van der Waals surface area (Å²) in [7, 11) is 0. The fourth-order valence-corrected chi connectivity index (χ4v) is 3.41. The van der Waals surface area contributed by atoms with Gasteiger partial charge in [-0.3, -0.25) is 0 Å². The van der Waals surface area contributed by atoms with E-state index in [-0.39, 0.29) is 0 Å². The lowest BCUT2D eigenvalue weighted by Gasteiger charge is -2.15. The topological polar surface area (TPSA) is 24.9 Å². The second kappa shape index (κ2) is 6.17. The van der Waals surface area contributed by atoms with Crippen LogP contribution < -0.4 is 5.32 Å². The first-order valence-electron chi connectivity index (χ1n) is 6.07. The molecule has 0 aliphatic rings. The molecule has 0 aliphatic carbocycles. The second-order valence-electron chi connectivity index (χ2n) is 4.00. The van der Waals surface area contributed by atoms with Gasteiger partial charge in [-0.2, -0.15) is 0 Å². The van der Waals surface area contributed by atoms with Gasteiger partial charge in [0.05, 0.1) is 11.7 Å². The van der Waals surface area contributed by atoms with Crippen LogP contribution in [0.25, 0.3) is 0 Å². The summed E-state index contributed by atoms with van der Waals surface area (Å²) < 4.78 is 0. The Morgan fingerprint density at radius 2 is 2.24 bits per heavy atom. The molecule has 0 fully saturated rings. The first-order valence-corrected chi connectivity index (χ1v) is 7.83. The number of rotatable bonds is 6. The van der Waals surface area contributed by atoms with Crippen LogP contribution in [0.5, 0.6) is 0 Å². The molecule has 2 heterocycles. The van der Waals surface area contributed by atoms with E-state index in [1.54, 1.807) is 11.3 Å². The molecule has 0 radical (unpaired) electrons. The number of hydrogen-bond acceptors (Lipinski definition) is 4. The van der Waals surface area contributed by atoms with Crippen molar-refractivity contribution < 1.29 is 0 Å². The number of nitrogens with one attached hydrogen (secondary N) is 1. The lowest BCUT2D eigenvalue weighted by molar-refractivity contribution is 0.686. The van der Waals surface area contributed by atoms with Gasteiger partial charge in [0.15, 0.2) is 5.13 Å². The highest BCUT2D eigenvalue weighted by Crippen LogP contribution is 2.28. The minimum atomic E-state index is 0.413. The normalized spacial score (nSPS) is 12.6. The molecule has 0 saturated carbocycles. The van der Waals surface area contributed by atoms with Crippen LogP contribution in [0, 0.1) is 0 Å². The summed E-state index contributed by atoms with van der Waals surface area (Å²) in [5.41, 5.74) is 1.18. The first-order chi connectivity index (χ1) is 8.33. The monoisotopic (exact) mass is 266 g/mol. The number of aryl methyl sites for hydroxylation is 1. The van der Waals surface area contributed by atoms with E-state index in [9.17, 15) is 0 Å². The van der Waals surface area contributed by atoms with Crippen LogP contribution in [0.1, 0.15) is 43.3 Å². The first kappa shape index (κ1) is 12.6. The third-order valence-electron chi connectivity index (χ3n) is 2.68. The lowest BCUT2D eigenvalue weighted by Crippen LogP contribution is -2.08. The Bertz CT molecular complexity index is 434. The van der Waals surface area contributed by atoms with Crippen molar-refractivity contribution in [1.29, 1.82) is 0 Å². The van der Waals surface area contributed by atoms with Gasteiger partial charge in [0, 0.05) is 10.3 Å². The molecule has 0 aliphatic heterocycles. The molecule has 0 amide bonds. The minimum absolute atomic E-state index is 0.413. The summed E-state index contributed by atoms with van der Waals surface area (Å²) in [5, 5.41) is 8.88. The van der Waals surface area contributed by atoms with E-state index >= 15 is 0 Å². The standard InChI is InChI=1S/C13H18N2S2/c1-3-6-11(12-7-5-8-16-12)15-13-14-10(4-2)9-17-13/h5,7-9,11H,3-4,6H2,1-2H3,(H,14,15). The van der Waals surface area contributed by atoms with Gasteiger partial charge in [0.1, 0.15) is 0 Å². The van der Waals surface area contributed by atoms with E-state index in [4.69, 9.17) is 0 Å². The SMILES string of the molecule is CCCC(Nc1nc(CC)cs1)c1cccs1. The van der Waals surface area contributed by atoms with Crippen LogP contribution >= 0.6 is 22.7 Å². The summed E-state index contributed by atoms with van der Waals surface area (Å²) in [6, 6.07) is 4.73. The Hall–Kier alpha value is -0.870. The summed E-state index contributed by atoms with van der Waals surface area (Å²) in [5.74, 6) is 0. The van der Waals surface area contributed by atoms with Crippen LogP contribution in [0.2, 0.25) is 0 Å². The number of anilines is 1. The predicted octanol–water partition coefficient (Wildman–Crippen LogP) is 4.72. The van der Waals surface area contributed by atoms with Crippen LogP contribution in [0.15, 0.2) is 22.9 Å². The van der Waals surface area contributed by atoms with Crippen LogP contribution in [0.3, 0.4) is 0 Å². The molecule has 2 nitrogen and oxygen atoms in total. The van der Waals surface area contributed by atoms with Crippen molar-refractivity contribution in [3.63, 3.8) is 0 Å². The molecule has 1 atom stereocenters. The van der Waals surface area contributed by atoms with Crippen molar-refractivity contribution in [1.82, 2.24) is 4.98 Å². The van der Waals surface area contributed by atoms with Crippen LogP contribution in [0.4, 0.5) is 5.13 Å². The zero-order chi connectivity index (χ0) is 12.1. The molecular formula is C13H18N2S2. The minimum Gasteiger partial charge on any atom is -0.354 e. The fraction of sp³-hybridized carbons (Fsp3) is 0.462. The largest absolute Gasteiger partial charge is 0.354 e. The maximum absolute atomic E-state index is 4.57. The zero-order valence-electron chi connectivity index (χ0n) is 10.3. The van der Waals surface area contributed by atoms with Gasteiger partial charge < -0.3 is 5.32 Å². The molecule has 1 unspecified atom stereocenters. The van der Waals surface area contributed by atoms with Crippen LogP contribution in [-0.4, -0.2) is 4.98 Å². The Morgan fingerprint density at radius 1 is 1.35 bits per heavy atom. The zero-order valence-corrected chi connectivity index (χ0v) is 11.9. The number of thiazole rings is 1. The van der Waals surface area contributed by atoms with Gasteiger partial charge in [-0.1, -0.05) is 26.3 Å². The van der Waals surface area contributed by atoms with E-state index in [0.717, 1.165) is 18.0 Å². The number of hydrogen-bond donors (Lipinski definition) is 1. The molecule has 0 spiro atoms. The molecule has 2 aromatic heterocycles. The third-order valence-corrected chi connectivity index (χ3v) is 4.48. The van der Waals surface area contributed by atoms with Gasteiger partial charge in [0.2, 0.25) is 0 Å². The molecule has 0 aromatic carbocycles. The van der Waals surface area contributed by atoms with Crippen molar-refractivity contribution >= 4 is 27.8 Å². The van der Waals surface area contributed by atoms with Crippen molar-refractivity contribution in [3.05, 3.63) is 33.5 Å². The Morgan fingerprint density at radius 3 is 2.82 bits per heavy atom. The maximum atomic E-state index is 4.57. The van der Waals surface area contributed by atoms with Gasteiger partial charge in [0.25, 0.3) is 0 Å². The smallest absolute Gasteiger partial charge is 0.183 e.